The van der Waals surface area contributed by atoms with Crippen LogP contribution < -0.4 is 5.43 Å². The summed E-state index contributed by atoms with van der Waals surface area (Å²) in [5.74, 6) is -0.277. The van der Waals surface area contributed by atoms with Crippen LogP contribution in [0.2, 0.25) is 0 Å². The van der Waals surface area contributed by atoms with Crippen LogP contribution in [-0.4, -0.2) is 46.3 Å². The highest BCUT2D eigenvalue weighted by molar-refractivity contribution is 5.88. The summed E-state index contributed by atoms with van der Waals surface area (Å²) in [7, 11) is 1.92. The Hall–Kier alpha value is -1.43. The number of benzene rings is 1. The lowest BCUT2D eigenvalue weighted by Gasteiger charge is -2.33. The summed E-state index contributed by atoms with van der Waals surface area (Å²) in [4.78, 5) is 14.9. The van der Waals surface area contributed by atoms with Crippen molar-refractivity contribution in [1.82, 2.24) is 15.3 Å². The Balaban J connectivity index is 1.63. The minimum Gasteiger partial charge on any atom is -0.366 e. The zero-order valence-corrected chi connectivity index (χ0v) is 14.5. The van der Waals surface area contributed by atoms with E-state index in [1.807, 2.05) is 17.0 Å². The third-order valence-electron chi connectivity index (χ3n) is 6.10. The number of hydrogen-bond donors (Lipinski definition) is 2. The number of aryl methyl sites for hydroxylation is 1. The van der Waals surface area contributed by atoms with Crippen molar-refractivity contribution in [3.05, 3.63) is 35.4 Å². The second-order valence-electron chi connectivity index (χ2n) is 7.70. The molecule has 0 aromatic heterocycles. The van der Waals surface area contributed by atoms with Crippen molar-refractivity contribution in [2.75, 3.05) is 13.6 Å². The van der Waals surface area contributed by atoms with Crippen LogP contribution in [-0.2, 0) is 4.79 Å². The van der Waals surface area contributed by atoms with Gasteiger partial charge in [-0.3, -0.25) is 4.79 Å². The van der Waals surface area contributed by atoms with Crippen LogP contribution in [0.25, 0.3) is 0 Å². The molecule has 0 spiro atoms. The molecule has 1 aliphatic carbocycles. The van der Waals surface area contributed by atoms with Crippen LogP contribution in [0, 0.1) is 12.8 Å². The molecule has 0 radical (unpaired) electrons. The molecule has 1 saturated carbocycles. The Labute approximate surface area is 143 Å². The topological polar surface area (TPSA) is 55.8 Å². The summed E-state index contributed by atoms with van der Waals surface area (Å²) in [5, 5.41) is 13.0. The van der Waals surface area contributed by atoms with Crippen molar-refractivity contribution < 1.29 is 9.90 Å². The van der Waals surface area contributed by atoms with E-state index in [9.17, 15) is 9.90 Å². The minimum atomic E-state index is -1.46. The first-order chi connectivity index (χ1) is 11.5. The van der Waals surface area contributed by atoms with Gasteiger partial charge in [0.2, 0.25) is 5.72 Å². The normalized spacial score (nSPS) is 34.8. The van der Waals surface area contributed by atoms with E-state index < -0.39 is 5.72 Å². The SMILES string of the molecule is Cc1ccc([C@@H]2[C@H]3CN(C4CCCCC4)C(=O)[C@@]3(O)NN2C)cc1. The molecule has 2 saturated heterocycles. The molecule has 3 aliphatic rings. The number of rotatable bonds is 2. The van der Waals surface area contributed by atoms with E-state index in [2.05, 4.69) is 36.6 Å². The molecule has 0 bridgehead atoms. The molecule has 2 N–H and O–H groups in total. The number of hydrogen-bond acceptors (Lipinski definition) is 4. The number of aliphatic hydroxyl groups is 1. The second-order valence-corrected chi connectivity index (χ2v) is 7.70. The Morgan fingerprint density at radius 2 is 1.83 bits per heavy atom. The highest BCUT2D eigenvalue weighted by Gasteiger charge is 2.62. The Morgan fingerprint density at radius 1 is 1.17 bits per heavy atom. The molecule has 24 heavy (non-hydrogen) atoms. The first-order valence-electron chi connectivity index (χ1n) is 9.11. The molecule has 5 nitrogen and oxygen atoms in total. The molecule has 4 rings (SSSR count). The third kappa shape index (κ3) is 2.38. The number of nitrogens with one attached hydrogen (secondary N) is 1. The first kappa shape index (κ1) is 16.1. The quantitative estimate of drug-likeness (QED) is 0.871. The van der Waals surface area contributed by atoms with E-state index in [1.54, 1.807) is 0 Å². The van der Waals surface area contributed by atoms with E-state index in [-0.39, 0.29) is 17.9 Å². The first-order valence-corrected chi connectivity index (χ1v) is 9.11. The maximum Gasteiger partial charge on any atom is 0.271 e. The van der Waals surface area contributed by atoms with Gasteiger partial charge in [0, 0.05) is 19.6 Å². The van der Waals surface area contributed by atoms with Crippen molar-refractivity contribution in [3.63, 3.8) is 0 Å². The molecule has 3 atom stereocenters. The van der Waals surface area contributed by atoms with Crippen molar-refractivity contribution in [3.8, 4) is 0 Å². The molecular weight excluding hydrogens is 302 g/mol. The van der Waals surface area contributed by atoms with Crippen molar-refractivity contribution in [2.24, 2.45) is 5.92 Å². The predicted octanol–water partition coefficient (Wildman–Crippen LogP) is 1.97. The van der Waals surface area contributed by atoms with E-state index in [0.717, 1.165) is 18.4 Å². The number of fused-ring (bicyclic) bond motifs is 1. The smallest absolute Gasteiger partial charge is 0.271 e. The minimum absolute atomic E-state index is 0.00754. The molecular formula is C19H27N3O2. The monoisotopic (exact) mass is 329 g/mol. The molecule has 3 fully saturated rings. The number of hydrazine groups is 1. The summed E-state index contributed by atoms with van der Waals surface area (Å²) < 4.78 is 0. The number of amides is 1. The molecule has 0 unspecified atom stereocenters. The lowest BCUT2D eigenvalue weighted by atomic mass is 9.88. The number of nitrogens with zero attached hydrogens (tertiary/aromatic N) is 2. The number of likely N-dealkylation sites (tertiary alicyclic amines) is 1. The summed E-state index contributed by atoms with van der Waals surface area (Å²) in [6.45, 7) is 2.70. The van der Waals surface area contributed by atoms with Gasteiger partial charge in [0.05, 0.1) is 12.0 Å². The fourth-order valence-corrected chi connectivity index (χ4v) is 4.80. The van der Waals surface area contributed by atoms with Crippen LogP contribution in [0.4, 0.5) is 0 Å². The Bertz CT molecular complexity index is 626. The predicted molar refractivity (Wildman–Crippen MR) is 91.8 cm³/mol. The van der Waals surface area contributed by atoms with Gasteiger partial charge < -0.3 is 10.0 Å². The Kier molecular flexibility index (Phi) is 3.90. The third-order valence-corrected chi connectivity index (χ3v) is 6.10. The van der Waals surface area contributed by atoms with Gasteiger partial charge in [-0.05, 0) is 25.3 Å². The van der Waals surface area contributed by atoms with E-state index in [0.29, 0.717) is 12.6 Å². The van der Waals surface area contributed by atoms with Gasteiger partial charge >= 0.3 is 0 Å². The lowest BCUT2D eigenvalue weighted by molar-refractivity contribution is -0.151. The van der Waals surface area contributed by atoms with E-state index in [4.69, 9.17) is 0 Å². The summed E-state index contributed by atoms with van der Waals surface area (Å²) in [5.41, 5.74) is 3.98. The molecule has 2 aliphatic heterocycles. The average molecular weight is 329 g/mol. The van der Waals surface area contributed by atoms with Gasteiger partial charge in [0.25, 0.3) is 5.91 Å². The molecule has 1 amide bonds. The van der Waals surface area contributed by atoms with Crippen molar-refractivity contribution >= 4 is 5.91 Å². The van der Waals surface area contributed by atoms with Gasteiger partial charge in [-0.1, -0.05) is 49.1 Å². The van der Waals surface area contributed by atoms with E-state index >= 15 is 0 Å². The van der Waals surface area contributed by atoms with Crippen LogP contribution in [0.3, 0.4) is 0 Å². The summed E-state index contributed by atoms with van der Waals surface area (Å²) >= 11 is 0. The fourth-order valence-electron chi connectivity index (χ4n) is 4.80. The molecule has 1 aromatic carbocycles. The van der Waals surface area contributed by atoms with Gasteiger partial charge in [0.15, 0.2) is 0 Å². The summed E-state index contributed by atoms with van der Waals surface area (Å²) in [6.07, 6.45) is 5.77. The number of carbonyl (C=O) groups is 1. The van der Waals surface area contributed by atoms with Crippen LogP contribution in [0.5, 0.6) is 0 Å². The zero-order valence-electron chi connectivity index (χ0n) is 14.5. The standard InChI is InChI=1S/C19H27N3O2/c1-13-8-10-14(11-9-13)17-16-12-22(15-6-4-3-5-7-15)18(23)19(16,24)20-21(17)2/h8-11,15-17,20,24H,3-7,12H2,1-2H3/t16-,17-,19-/m1/s1. The van der Waals surface area contributed by atoms with Crippen molar-refractivity contribution in [2.45, 2.75) is 56.8 Å². The van der Waals surface area contributed by atoms with Crippen LogP contribution in [0.15, 0.2) is 24.3 Å². The summed E-state index contributed by atoms with van der Waals surface area (Å²) in [6, 6.07) is 8.71. The van der Waals surface area contributed by atoms with E-state index in [1.165, 1.54) is 24.8 Å². The fraction of sp³-hybridized carbons (Fsp3) is 0.632. The molecule has 2 heterocycles. The van der Waals surface area contributed by atoms with Gasteiger partial charge in [-0.15, -0.1) is 0 Å². The van der Waals surface area contributed by atoms with Gasteiger partial charge in [-0.25, -0.2) is 10.4 Å². The number of carbonyl (C=O) groups excluding carboxylic acids is 1. The maximum absolute atomic E-state index is 13.0. The zero-order chi connectivity index (χ0) is 16.9. The Morgan fingerprint density at radius 3 is 2.50 bits per heavy atom. The molecule has 5 heteroatoms. The highest BCUT2D eigenvalue weighted by atomic mass is 16.3. The van der Waals surface area contributed by atoms with Gasteiger partial charge in [0.1, 0.15) is 0 Å². The van der Waals surface area contributed by atoms with Crippen LogP contribution >= 0.6 is 0 Å². The maximum atomic E-state index is 13.0. The average Bonchev–Trinajstić information content (AvgIpc) is 2.98. The largest absolute Gasteiger partial charge is 0.366 e. The highest BCUT2D eigenvalue weighted by Crippen LogP contribution is 2.46. The molecule has 1 aromatic rings. The second kappa shape index (κ2) is 5.83. The van der Waals surface area contributed by atoms with Crippen LogP contribution in [0.1, 0.15) is 49.3 Å². The van der Waals surface area contributed by atoms with Crippen molar-refractivity contribution in [1.29, 1.82) is 0 Å². The lowest BCUT2D eigenvalue weighted by Crippen LogP contribution is -2.54. The molecule has 130 valence electrons. The van der Waals surface area contributed by atoms with Gasteiger partial charge in [-0.2, -0.15) is 0 Å².